The zero-order valence-corrected chi connectivity index (χ0v) is 12.4. The second-order valence-corrected chi connectivity index (χ2v) is 6.46. The lowest BCUT2D eigenvalue weighted by atomic mass is 10.2. The molecule has 0 heterocycles. The van der Waals surface area contributed by atoms with Gasteiger partial charge in [-0.1, -0.05) is 15.9 Å². The van der Waals surface area contributed by atoms with Crippen molar-refractivity contribution in [2.45, 2.75) is 4.90 Å². The van der Waals surface area contributed by atoms with Gasteiger partial charge in [0.25, 0.3) is 10.0 Å². The highest BCUT2D eigenvalue weighted by atomic mass is 79.9. The molecular weight excluding hydrogens is 347 g/mol. The van der Waals surface area contributed by atoms with Crippen molar-refractivity contribution in [1.82, 2.24) is 0 Å². The number of nitrogens with one attached hydrogen (secondary N) is 1. The first kappa shape index (κ1) is 14.5. The van der Waals surface area contributed by atoms with Gasteiger partial charge in [0.2, 0.25) is 0 Å². The summed E-state index contributed by atoms with van der Waals surface area (Å²) in [5.74, 6) is -0.604. The average Bonchev–Trinajstić information content (AvgIpc) is 2.41. The third kappa shape index (κ3) is 3.15. The van der Waals surface area contributed by atoms with Crippen LogP contribution in [0.15, 0.2) is 51.8 Å². The van der Waals surface area contributed by atoms with Crippen LogP contribution in [0.4, 0.5) is 10.1 Å². The second kappa shape index (κ2) is 5.61. The second-order valence-electron chi connectivity index (χ2n) is 3.86. The van der Waals surface area contributed by atoms with Crippen molar-refractivity contribution in [3.63, 3.8) is 0 Å². The van der Waals surface area contributed by atoms with Crippen LogP contribution in [0.5, 0.6) is 0 Å². The predicted octanol–water partition coefficient (Wildman–Crippen LogP) is 3.26. The molecule has 2 rings (SSSR count). The van der Waals surface area contributed by atoms with Crippen LogP contribution in [-0.4, -0.2) is 8.42 Å². The molecule has 20 heavy (non-hydrogen) atoms. The highest BCUT2D eigenvalue weighted by Crippen LogP contribution is 2.21. The maximum absolute atomic E-state index is 13.0. The number of nitrogens with zero attached hydrogens (tertiary/aromatic N) is 1. The molecular formula is C13H8BrFN2O2S. The first-order valence-electron chi connectivity index (χ1n) is 5.40. The van der Waals surface area contributed by atoms with Crippen molar-refractivity contribution in [1.29, 1.82) is 5.26 Å². The first-order chi connectivity index (χ1) is 9.42. The van der Waals surface area contributed by atoms with E-state index in [0.29, 0.717) is 0 Å². The Labute approximate surface area is 124 Å². The molecule has 0 atom stereocenters. The Morgan fingerprint density at radius 1 is 1.15 bits per heavy atom. The Morgan fingerprint density at radius 3 is 2.40 bits per heavy atom. The molecule has 0 aliphatic heterocycles. The molecule has 4 nitrogen and oxygen atoms in total. The van der Waals surface area contributed by atoms with Crippen LogP contribution in [0.25, 0.3) is 0 Å². The topological polar surface area (TPSA) is 70.0 Å². The third-order valence-electron chi connectivity index (χ3n) is 2.47. The minimum atomic E-state index is -3.82. The standard InChI is InChI=1S/C13H8BrFN2O2S/c14-10-1-4-12(5-2-10)20(18,19)17-13-6-3-11(15)7-9(13)8-16/h1-7,17H. The molecule has 0 aliphatic rings. The van der Waals surface area contributed by atoms with Gasteiger partial charge in [0.05, 0.1) is 16.1 Å². The molecule has 2 aromatic rings. The molecule has 0 fully saturated rings. The van der Waals surface area contributed by atoms with Gasteiger partial charge in [-0.3, -0.25) is 4.72 Å². The van der Waals surface area contributed by atoms with Crippen LogP contribution in [0.2, 0.25) is 0 Å². The average molecular weight is 355 g/mol. The Hall–Kier alpha value is -1.91. The van der Waals surface area contributed by atoms with Gasteiger partial charge in [-0.2, -0.15) is 5.26 Å². The van der Waals surface area contributed by atoms with E-state index in [-0.39, 0.29) is 16.1 Å². The molecule has 0 saturated carbocycles. The Morgan fingerprint density at radius 2 is 1.80 bits per heavy atom. The van der Waals surface area contributed by atoms with Crippen molar-refractivity contribution in [2.75, 3.05) is 4.72 Å². The molecule has 0 amide bonds. The van der Waals surface area contributed by atoms with Gasteiger partial charge in [0, 0.05) is 4.47 Å². The van der Waals surface area contributed by atoms with Crippen molar-refractivity contribution in [2.24, 2.45) is 0 Å². The molecule has 102 valence electrons. The molecule has 0 radical (unpaired) electrons. The fourth-order valence-corrected chi connectivity index (χ4v) is 2.86. The van der Waals surface area contributed by atoms with Gasteiger partial charge in [-0.05, 0) is 42.5 Å². The third-order valence-corrected chi connectivity index (χ3v) is 4.38. The lowest BCUT2D eigenvalue weighted by Gasteiger charge is -2.09. The summed E-state index contributed by atoms with van der Waals surface area (Å²) < 4.78 is 40.3. The van der Waals surface area contributed by atoms with Crippen LogP contribution in [0, 0.1) is 17.1 Å². The predicted molar refractivity (Wildman–Crippen MR) is 76.1 cm³/mol. The van der Waals surface area contributed by atoms with Gasteiger partial charge in [-0.15, -0.1) is 0 Å². The maximum atomic E-state index is 13.0. The zero-order valence-electron chi connectivity index (χ0n) is 9.97. The van der Waals surface area contributed by atoms with Gasteiger partial charge >= 0.3 is 0 Å². The fourth-order valence-electron chi connectivity index (χ4n) is 1.52. The quantitative estimate of drug-likeness (QED) is 0.919. The number of hydrogen-bond donors (Lipinski definition) is 1. The molecule has 0 aromatic heterocycles. The van der Waals surface area contributed by atoms with Crippen molar-refractivity contribution in [3.05, 3.63) is 58.3 Å². The zero-order chi connectivity index (χ0) is 14.8. The van der Waals surface area contributed by atoms with Crippen LogP contribution in [-0.2, 0) is 10.0 Å². The largest absolute Gasteiger partial charge is 0.278 e. The molecule has 0 bridgehead atoms. The highest BCUT2D eigenvalue weighted by molar-refractivity contribution is 9.10. The van der Waals surface area contributed by atoms with E-state index in [1.165, 1.54) is 18.2 Å². The van der Waals surface area contributed by atoms with E-state index in [1.54, 1.807) is 18.2 Å². The lowest BCUT2D eigenvalue weighted by molar-refractivity contribution is 0.601. The summed E-state index contributed by atoms with van der Waals surface area (Å²) in [5, 5.41) is 8.89. The van der Waals surface area contributed by atoms with Gasteiger partial charge in [0.15, 0.2) is 0 Å². The smallest absolute Gasteiger partial charge is 0.261 e. The van der Waals surface area contributed by atoms with Gasteiger partial charge in [-0.25, -0.2) is 12.8 Å². The van der Waals surface area contributed by atoms with Crippen LogP contribution >= 0.6 is 15.9 Å². The van der Waals surface area contributed by atoms with E-state index in [0.717, 1.165) is 16.6 Å². The SMILES string of the molecule is N#Cc1cc(F)ccc1NS(=O)(=O)c1ccc(Br)cc1. The normalized spacial score (nSPS) is 10.8. The fraction of sp³-hybridized carbons (Fsp3) is 0. The van der Waals surface area contributed by atoms with Crippen LogP contribution < -0.4 is 4.72 Å². The van der Waals surface area contributed by atoms with Crippen molar-refractivity contribution in [3.8, 4) is 6.07 Å². The van der Waals surface area contributed by atoms with E-state index < -0.39 is 15.8 Å². The van der Waals surface area contributed by atoms with Crippen LogP contribution in [0.1, 0.15) is 5.56 Å². The van der Waals surface area contributed by atoms with E-state index >= 15 is 0 Å². The van der Waals surface area contributed by atoms with Gasteiger partial charge < -0.3 is 0 Å². The van der Waals surface area contributed by atoms with Crippen LogP contribution in [0.3, 0.4) is 0 Å². The minimum Gasteiger partial charge on any atom is -0.278 e. The molecule has 2 aromatic carbocycles. The number of sulfonamides is 1. The molecule has 0 saturated heterocycles. The summed E-state index contributed by atoms with van der Waals surface area (Å²) in [4.78, 5) is 0.0499. The highest BCUT2D eigenvalue weighted by Gasteiger charge is 2.16. The van der Waals surface area contributed by atoms with Crippen molar-refractivity contribution >= 4 is 31.6 Å². The summed E-state index contributed by atoms with van der Waals surface area (Å²) in [7, 11) is -3.82. The summed E-state index contributed by atoms with van der Waals surface area (Å²) in [6.45, 7) is 0. The lowest BCUT2D eigenvalue weighted by Crippen LogP contribution is -2.13. The first-order valence-corrected chi connectivity index (χ1v) is 7.68. The number of rotatable bonds is 3. The van der Waals surface area contributed by atoms with E-state index in [4.69, 9.17) is 5.26 Å². The van der Waals surface area contributed by atoms with Crippen molar-refractivity contribution < 1.29 is 12.8 Å². The number of benzene rings is 2. The molecule has 0 unspecified atom stereocenters. The monoisotopic (exact) mass is 354 g/mol. The summed E-state index contributed by atoms with van der Waals surface area (Å²) in [6.07, 6.45) is 0. The molecule has 0 aliphatic carbocycles. The number of halogens is 2. The maximum Gasteiger partial charge on any atom is 0.261 e. The molecule has 1 N–H and O–H groups in total. The Balaban J connectivity index is 2.39. The number of nitriles is 1. The summed E-state index contributed by atoms with van der Waals surface area (Å²) >= 11 is 3.21. The Kier molecular flexibility index (Phi) is 4.06. The Bertz CT molecular complexity index is 783. The summed E-state index contributed by atoms with van der Waals surface area (Å²) in [6, 6.07) is 11.0. The van der Waals surface area contributed by atoms with Gasteiger partial charge in [0.1, 0.15) is 11.9 Å². The number of anilines is 1. The van der Waals surface area contributed by atoms with E-state index in [2.05, 4.69) is 20.7 Å². The molecule has 7 heteroatoms. The van der Waals surface area contributed by atoms with E-state index in [9.17, 15) is 12.8 Å². The summed E-state index contributed by atoms with van der Waals surface area (Å²) in [5.41, 5.74) is -0.0393. The number of hydrogen-bond acceptors (Lipinski definition) is 3. The van der Waals surface area contributed by atoms with E-state index in [1.807, 2.05) is 0 Å². The molecule has 0 spiro atoms. The minimum absolute atomic E-state index is 0.0387.